The quantitative estimate of drug-likeness (QED) is 0.766. The Morgan fingerprint density at radius 1 is 1.28 bits per heavy atom. The van der Waals surface area contributed by atoms with Gasteiger partial charge in [-0.2, -0.15) is 5.10 Å². The third kappa shape index (κ3) is 3.15. The first-order valence-electron chi connectivity index (χ1n) is 8.51. The molecule has 130 valence electrons. The van der Waals surface area contributed by atoms with Gasteiger partial charge in [0.05, 0.1) is 18.3 Å². The monoisotopic (exact) mass is 340 g/mol. The molecule has 1 fully saturated rings. The lowest BCUT2D eigenvalue weighted by atomic mass is 9.99. The van der Waals surface area contributed by atoms with Crippen LogP contribution in [0.25, 0.3) is 0 Å². The minimum atomic E-state index is -0.757. The van der Waals surface area contributed by atoms with E-state index in [9.17, 15) is 9.59 Å². The summed E-state index contributed by atoms with van der Waals surface area (Å²) in [5.74, 6) is -0.466. The molecule has 3 N–H and O–H groups in total. The summed E-state index contributed by atoms with van der Waals surface area (Å²) >= 11 is 0. The van der Waals surface area contributed by atoms with Crippen LogP contribution in [0.1, 0.15) is 35.0 Å². The maximum atomic E-state index is 12.7. The minimum Gasteiger partial charge on any atom is -0.356 e. The predicted molar refractivity (Wildman–Crippen MR) is 89.5 cm³/mol. The molecule has 2 aliphatic rings. The van der Waals surface area contributed by atoms with E-state index >= 15 is 0 Å². The second-order valence-electron chi connectivity index (χ2n) is 6.39. The van der Waals surface area contributed by atoms with Gasteiger partial charge >= 0.3 is 0 Å². The molecule has 4 rings (SSSR count). The van der Waals surface area contributed by atoms with Crippen LogP contribution in [0.5, 0.6) is 0 Å². The third-order valence-electron chi connectivity index (χ3n) is 4.75. The number of rotatable bonds is 4. The first-order chi connectivity index (χ1) is 12.2. The highest BCUT2D eigenvalue weighted by Crippen LogP contribution is 2.24. The number of benzene rings is 1. The Balaban J connectivity index is 1.46. The van der Waals surface area contributed by atoms with E-state index in [0.29, 0.717) is 6.54 Å². The Labute approximate surface area is 145 Å². The van der Waals surface area contributed by atoms with Crippen molar-refractivity contribution in [2.75, 3.05) is 6.61 Å². The summed E-state index contributed by atoms with van der Waals surface area (Å²) < 4.78 is 5.53. The van der Waals surface area contributed by atoms with Crippen LogP contribution in [-0.4, -0.2) is 34.7 Å². The lowest BCUT2D eigenvalue weighted by molar-refractivity contribution is -0.148. The number of hydrogen-bond acceptors (Lipinski definition) is 4. The van der Waals surface area contributed by atoms with E-state index in [2.05, 4.69) is 20.8 Å². The molecule has 7 heteroatoms. The van der Waals surface area contributed by atoms with E-state index < -0.39 is 12.1 Å². The Bertz CT molecular complexity index is 787. The van der Waals surface area contributed by atoms with E-state index in [1.807, 2.05) is 30.3 Å². The number of ether oxygens (including phenoxy) is 1. The van der Waals surface area contributed by atoms with Crippen molar-refractivity contribution in [3.05, 3.63) is 52.8 Å². The van der Waals surface area contributed by atoms with Crippen LogP contribution in [0.2, 0.25) is 0 Å². The molecule has 2 amide bonds. The molecule has 0 spiro atoms. The van der Waals surface area contributed by atoms with E-state index in [-0.39, 0.29) is 18.4 Å². The molecular formula is C18H20N4O3. The smallest absolute Gasteiger partial charge is 0.251 e. The number of nitrogens with zero attached hydrogens (tertiary/aromatic N) is 1. The average Bonchev–Trinajstić information content (AvgIpc) is 3.24. The van der Waals surface area contributed by atoms with Crippen LogP contribution in [0.3, 0.4) is 0 Å². The number of H-pyrrole nitrogens is 1. The SMILES string of the molecule is O=C1CO[C@H](C(=O)NCc2n[nH]c3c2CCC3)[C@@H](c2ccccc2)N1. The first-order valence-corrected chi connectivity index (χ1v) is 8.51. The number of aromatic amines is 1. The molecule has 1 aliphatic heterocycles. The molecule has 2 aromatic rings. The Hall–Kier alpha value is -2.67. The third-order valence-corrected chi connectivity index (χ3v) is 4.75. The van der Waals surface area contributed by atoms with Gasteiger partial charge in [0, 0.05) is 5.69 Å². The average molecular weight is 340 g/mol. The minimum absolute atomic E-state index is 0.112. The number of aryl methyl sites for hydroxylation is 1. The fourth-order valence-electron chi connectivity index (χ4n) is 3.50. The molecule has 2 atom stereocenters. The molecule has 0 bridgehead atoms. The fraction of sp³-hybridized carbons (Fsp3) is 0.389. The molecule has 1 aliphatic carbocycles. The van der Waals surface area contributed by atoms with Crippen LogP contribution in [0.4, 0.5) is 0 Å². The van der Waals surface area contributed by atoms with Crippen LogP contribution < -0.4 is 10.6 Å². The maximum Gasteiger partial charge on any atom is 0.251 e. The molecule has 1 saturated heterocycles. The zero-order valence-electron chi connectivity index (χ0n) is 13.7. The zero-order chi connectivity index (χ0) is 17.2. The summed E-state index contributed by atoms with van der Waals surface area (Å²) in [6.45, 7) is 0.249. The van der Waals surface area contributed by atoms with Crippen molar-refractivity contribution in [1.29, 1.82) is 0 Å². The molecule has 7 nitrogen and oxygen atoms in total. The van der Waals surface area contributed by atoms with Crippen molar-refractivity contribution in [1.82, 2.24) is 20.8 Å². The predicted octanol–water partition coefficient (Wildman–Crippen LogP) is 0.771. The van der Waals surface area contributed by atoms with Crippen LogP contribution in [0.15, 0.2) is 30.3 Å². The number of morpholine rings is 1. The molecule has 0 radical (unpaired) electrons. The van der Waals surface area contributed by atoms with Gasteiger partial charge in [-0.05, 0) is 30.4 Å². The van der Waals surface area contributed by atoms with Crippen molar-refractivity contribution in [2.24, 2.45) is 0 Å². The highest BCUT2D eigenvalue weighted by molar-refractivity contribution is 5.86. The molecule has 1 aromatic carbocycles. The lowest BCUT2D eigenvalue weighted by Crippen LogP contribution is -2.52. The molecule has 1 aromatic heterocycles. The second-order valence-corrected chi connectivity index (χ2v) is 6.39. The van der Waals surface area contributed by atoms with Crippen molar-refractivity contribution in [3.8, 4) is 0 Å². The number of fused-ring (bicyclic) bond motifs is 1. The number of amides is 2. The van der Waals surface area contributed by atoms with E-state index in [4.69, 9.17) is 4.74 Å². The topological polar surface area (TPSA) is 96.1 Å². The number of aromatic nitrogens is 2. The summed E-state index contributed by atoms with van der Waals surface area (Å²) in [4.78, 5) is 24.4. The van der Waals surface area contributed by atoms with E-state index in [0.717, 1.165) is 30.5 Å². The van der Waals surface area contributed by atoms with Crippen molar-refractivity contribution in [2.45, 2.75) is 38.0 Å². The number of carbonyl (C=O) groups is 2. The summed E-state index contributed by atoms with van der Waals surface area (Å²) in [5, 5.41) is 13.1. The van der Waals surface area contributed by atoms with E-state index in [1.54, 1.807) is 0 Å². The van der Waals surface area contributed by atoms with E-state index in [1.165, 1.54) is 11.3 Å². The summed E-state index contributed by atoms with van der Waals surface area (Å²) in [5.41, 5.74) is 4.12. The molecule has 0 saturated carbocycles. The molecule has 2 heterocycles. The second kappa shape index (κ2) is 6.68. The highest BCUT2D eigenvalue weighted by Gasteiger charge is 2.36. The molecule has 0 unspecified atom stereocenters. The maximum absolute atomic E-state index is 12.7. The van der Waals surface area contributed by atoms with Gasteiger partial charge in [-0.3, -0.25) is 14.7 Å². The summed E-state index contributed by atoms with van der Waals surface area (Å²) in [6.07, 6.45) is 2.38. The van der Waals surface area contributed by atoms with Gasteiger partial charge in [-0.1, -0.05) is 30.3 Å². The van der Waals surface area contributed by atoms with Gasteiger partial charge in [0.1, 0.15) is 6.61 Å². The number of carbonyl (C=O) groups excluding carboxylic acids is 2. The van der Waals surface area contributed by atoms with Gasteiger partial charge in [0.15, 0.2) is 6.10 Å². The Morgan fingerprint density at radius 3 is 2.96 bits per heavy atom. The van der Waals surface area contributed by atoms with Crippen LogP contribution >= 0.6 is 0 Å². The summed E-state index contributed by atoms with van der Waals surface area (Å²) in [6, 6.07) is 8.90. The standard InChI is InChI=1S/C18H20N4O3/c23-15-10-25-17(16(20-15)11-5-2-1-3-6-11)18(24)19-9-14-12-7-4-8-13(12)21-22-14/h1-3,5-6,16-17H,4,7-10H2,(H,19,24)(H,20,23)(H,21,22)/t16-,17+/m1/s1. The number of nitrogens with one attached hydrogen (secondary N) is 3. The van der Waals surface area contributed by atoms with Gasteiger partial charge in [-0.25, -0.2) is 0 Å². The Kier molecular flexibility index (Phi) is 4.23. The summed E-state index contributed by atoms with van der Waals surface area (Å²) in [7, 11) is 0. The first kappa shape index (κ1) is 15.8. The number of hydrogen-bond donors (Lipinski definition) is 3. The normalized spacial score (nSPS) is 22.3. The molecule has 25 heavy (non-hydrogen) atoms. The van der Waals surface area contributed by atoms with Gasteiger partial charge in [0.2, 0.25) is 5.91 Å². The van der Waals surface area contributed by atoms with Crippen molar-refractivity contribution < 1.29 is 14.3 Å². The van der Waals surface area contributed by atoms with Crippen molar-refractivity contribution in [3.63, 3.8) is 0 Å². The largest absolute Gasteiger partial charge is 0.356 e. The Morgan fingerprint density at radius 2 is 2.12 bits per heavy atom. The molecular weight excluding hydrogens is 320 g/mol. The van der Waals surface area contributed by atoms with Crippen molar-refractivity contribution >= 4 is 11.8 Å². The van der Waals surface area contributed by atoms with Crippen LogP contribution in [0, 0.1) is 0 Å². The highest BCUT2D eigenvalue weighted by atomic mass is 16.5. The van der Waals surface area contributed by atoms with Gasteiger partial charge in [-0.15, -0.1) is 0 Å². The van der Waals surface area contributed by atoms with Crippen LogP contribution in [-0.2, 0) is 33.7 Å². The van der Waals surface area contributed by atoms with Gasteiger partial charge < -0.3 is 15.4 Å². The van der Waals surface area contributed by atoms with Gasteiger partial charge in [0.25, 0.3) is 5.91 Å². The lowest BCUT2D eigenvalue weighted by Gasteiger charge is -2.31. The fourth-order valence-corrected chi connectivity index (χ4v) is 3.50. The zero-order valence-corrected chi connectivity index (χ0v) is 13.7.